The minimum Gasteiger partial charge on any atom is -0.491 e. The Kier molecular flexibility index (Phi) is 5.20. The number of amides is 3. The van der Waals surface area contributed by atoms with E-state index in [1.54, 1.807) is 36.2 Å². The molecular weight excluding hydrogens is 344 g/mol. The van der Waals surface area contributed by atoms with E-state index in [-0.39, 0.29) is 25.1 Å². The maximum atomic E-state index is 12.8. The molecule has 1 N–H and O–H groups in total. The standard InChI is InChI=1S/C18H23ClN2O4/c1-20-17(24)21(16(23)18(20)9-3-2-4-10-18)11-14(22)12-25-15-7-5-13(19)6-8-15/h5-8,14,22H,2-4,9-12H2,1H3/t14-/m0/s1. The van der Waals surface area contributed by atoms with Crippen molar-refractivity contribution in [2.75, 3.05) is 20.2 Å². The number of urea groups is 1. The topological polar surface area (TPSA) is 70.1 Å². The van der Waals surface area contributed by atoms with Crippen molar-refractivity contribution in [3.05, 3.63) is 29.3 Å². The van der Waals surface area contributed by atoms with E-state index < -0.39 is 11.6 Å². The molecule has 0 bridgehead atoms. The van der Waals surface area contributed by atoms with Crippen molar-refractivity contribution >= 4 is 23.5 Å². The molecule has 1 heterocycles. The fourth-order valence-corrected chi connectivity index (χ4v) is 3.81. The van der Waals surface area contributed by atoms with E-state index in [2.05, 4.69) is 0 Å². The molecule has 136 valence electrons. The number of carbonyl (C=O) groups excluding carboxylic acids is 2. The maximum Gasteiger partial charge on any atom is 0.327 e. The van der Waals surface area contributed by atoms with Crippen LogP contribution in [0.4, 0.5) is 4.79 Å². The molecule has 0 unspecified atom stereocenters. The molecule has 1 atom stereocenters. The molecule has 1 spiro atoms. The number of imide groups is 1. The smallest absolute Gasteiger partial charge is 0.327 e. The number of benzene rings is 1. The van der Waals surface area contributed by atoms with Crippen LogP contribution >= 0.6 is 11.6 Å². The van der Waals surface area contributed by atoms with Gasteiger partial charge >= 0.3 is 6.03 Å². The Hall–Kier alpha value is -1.79. The molecule has 1 saturated carbocycles. The van der Waals surface area contributed by atoms with E-state index in [4.69, 9.17) is 16.3 Å². The number of rotatable bonds is 5. The van der Waals surface area contributed by atoms with Crippen LogP contribution in [0, 0.1) is 0 Å². The van der Waals surface area contributed by atoms with Gasteiger partial charge in [0.25, 0.3) is 5.91 Å². The van der Waals surface area contributed by atoms with Crippen LogP contribution in [-0.2, 0) is 4.79 Å². The second kappa shape index (κ2) is 7.22. The molecular formula is C18H23ClN2O4. The van der Waals surface area contributed by atoms with Crippen molar-refractivity contribution in [3.8, 4) is 5.75 Å². The summed E-state index contributed by atoms with van der Waals surface area (Å²) in [7, 11) is 1.68. The number of aliphatic hydroxyl groups is 1. The molecule has 25 heavy (non-hydrogen) atoms. The molecule has 6 nitrogen and oxygen atoms in total. The lowest BCUT2D eigenvalue weighted by molar-refractivity contribution is -0.135. The molecule has 1 saturated heterocycles. The summed E-state index contributed by atoms with van der Waals surface area (Å²) in [5, 5.41) is 10.8. The van der Waals surface area contributed by atoms with Gasteiger partial charge in [0.15, 0.2) is 0 Å². The van der Waals surface area contributed by atoms with Crippen molar-refractivity contribution in [2.24, 2.45) is 0 Å². The number of ether oxygens (including phenoxy) is 1. The molecule has 3 rings (SSSR count). The average Bonchev–Trinajstić information content (AvgIpc) is 2.78. The first-order chi connectivity index (χ1) is 11.9. The Morgan fingerprint density at radius 2 is 1.84 bits per heavy atom. The lowest BCUT2D eigenvalue weighted by Gasteiger charge is -2.35. The van der Waals surface area contributed by atoms with Gasteiger partial charge in [-0.1, -0.05) is 30.9 Å². The number of aliphatic hydroxyl groups excluding tert-OH is 1. The first-order valence-corrected chi connectivity index (χ1v) is 8.98. The van der Waals surface area contributed by atoms with Crippen LogP contribution in [0.3, 0.4) is 0 Å². The van der Waals surface area contributed by atoms with E-state index in [1.807, 2.05) is 0 Å². The van der Waals surface area contributed by atoms with Crippen LogP contribution in [-0.4, -0.2) is 58.7 Å². The van der Waals surface area contributed by atoms with E-state index in [1.165, 1.54) is 4.90 Å². The summed E-state index contributed by atoms with van der Waals surface area (Å²) < 4.78 is 5.50. The normalized spacial score (nSPS) is 21.1. The van der Waals surface area contributed by atoms with E-state index in [0.717, 1.165) is 19.3 Å². The third-order valence-electron chi connectivity index (χ3n) is 5.13. The number of hydrogen-bond donors (Lipinski definition) is 1. The Balaban J connectivity index is 1.60. The Morgan fingerprint density at radius 1 is 1.20 bits per heavy atom. The highest BCUT2D eigenvalue weighted by Gasteiger charge is 2.55. The van der Waals surface area contributed by atoms with Gasteiger partial charge in [-0.2, -0.15) is 0 Å². The Bertz CT molecular complexity index is 643. The van der Waals surface area contributed by atoms with Crippen molar-refractivity contribution in [2.45, 2.75) is 43.7 Å². The fourth-order valence-electron chi connectivity index (χ4n) is 3.68. The van der Waals surface area contributed by atoms with Crippen LogP contribution in [0.2, 0.25) is 5.02 Å². The largest absolute Gasteiger partial charge is 0.491 e. The van der Waals surface area contributed by atoms with Gasteiger partial charge in [0.1, 0.15) is 24.0 Å². The van der Waals surface area contributed by atoms with Crippen LogP contribution in [0.25, 0.3) is 0 Å². The SMILES string of the molecule is CN1C(=O)N(C[C@H](O)COc2ccc(Cl)cc2)C(=O)C12CCCCC2. The van der Waals surface area contributed by atoms with Crippen molar-refractivity contribution in [1.82, 2.24) is 9.80 Å². The van der Waals surface area contributed by atoms with Gasteiger partial charge in [0.2, 0.25) is 0 Å². The third-order valence-corrected chi connectivity index (χ3v) is 5.39. The fraction of sp³-hybridized carbons (Fsp3) is 0.556. The van der Waals surface area contributed by atoms with Gasteiger partial charge in [-0.25, -0.2) is 4.79 Å². The second-order valence-electron chi connectivity index (χ2n) is 6.77. The molecule has 1 aliphatic heterocycles. The number of β-amino-alcohol motifs (C(OH)–C–C–N with tert-alkyl or cyclic N) is 1. The maximum absolute atomic E-state index is 12.8. The molecule has 1 aliphatic carbocycles. The molecule has 2 fully saturated rings. The van der Waals surface area contributed by atoms with Gasteiger partial charge in [-0.15, -0.1) is 0 Å². The Morgan fingerprint density at radius 3 is 2.48 bits per heavy atom. The number of nitrogens with zero attached hydrogens (tertiary/aromatic N) is 2. The first-order valence-electron chi connectivity index (χ1n) is 8.60. The van der Waals surface area contributed by atoms with Gasteiger partial charge in [0, 0.05) is 12.1 Å². The molecule has 3 amide bonds. The summed E-state index contributed by atoms with van der Waals surface area (Å²) in [6, 6.07) is 6.45. The number of likely N-dealkylation sites (N-methyl/N-ethyl adjacent to an activating group) is 1. The van der Waals surface area contributed by atoms with Gasteiger partial charge in [0.05, 0.1) is 6.54 Å². The average molecular weight is 367 g/mol. The first kappa shape index (κ1) is 18.0. The number of hydrogen-bond acceptors (Lipinski definition) is 4. The highest BCUT2D eigenvalue weighted by Crippen LogP contribution is 2.39. The second-order valence-corrected chi connectivity index (χ2v) is 7.20. The summed E-state index contributed by atoms with van der Waals surface area (Å²) in [5.41, 5.74) is -0.716. The summed E-state index contributed by atoms with van der Waals surface area (Å²) in [4.78, 5) is 28.1. The molecule has 0 radical (unpaired) electrons. The zero-order valence-electron chi connectivity index (χ0n) is 14.3. The highest BCUT2D eigenvalue weighted by molar-refractivity contribution is 6.30. The molecule has 0 aromatic heterocycles. The lowest BCUT2D eigenvalue weighted by Crippen LogP contribution is -2.49. The van der Waals surface area contributed by atoms with Crippen molar-refractivity contribution < 1.29 is 19.4 Å². The quantitative estimate of drug-likeness (QED) is 0.813. The predicted molar refractivity (Wildman–Crippen MR) is 93.6 cm³/mol. The summed E-state index contributed by atoms with van der Waals surface area (Å²) in [6.07, 6.45) is 3.42. The van der Waals surface area contributed by atoms with E-state index in [9.17, 15) is 14.7 Å². The molecule has 1 aromatic carbocycles. The summed E-state index contributed by atoms with van der Waals surface area (Å²) in [6.45, 7) is -0.0627. The van der Waals surface area contributed by atoms with Crippen LogP contribution in [0.5, 0.6) is 5.75 Å². The number of halogens is 1. The zero-order valence-corrected chi connectivity index (χ0v) is 15.0. The minimum absolute atomic E-state index is 0.00456. The minimum atomic E-state index is -0.948. The van der Waals surface area contributed by atoms with Gasteiger partial charge in [-0.05, 0) is 37.1 Å². The zero-order chi connectivity index (χ0) is 18.0. The highest BCUT2D eigenvalue weighted by atomic mass is 35.5. The van der Waals surface area contributed by atoms with Crippen LogP contribution < -0.4 is 4.74 Å². The van der Waals surface area contributed by atoms with E-state index >= 15 is 0 Å². The molecule has 1 aromatic rings. The number of carbonyl (C=O) groups is 2. The van der Waals surface area contributed by atoms with Crippen LogP contribution in [0.1, 0.15) is 32.1 Å². The van der Waals surface area contributed by atoms with E-state index in [0.29, 0.717) is 23.6 Å². The summed E-state index contributed by atoms with van der Waals surface area (Å²) in [5.74, 6) is 0.383. The molecule has 7 heteroatoms. The van der Waals surface area contributed by atoms with Gasteiger partial charge < -0.3 is 14.7 Å². The van der Waals surface area contributed by atoms with Crippen LogP contribution in [0.15, 0.2) is 24.3 Å². The lowest BCUT2D eigenvalue weighted by atomic mass is 9.81. The molecule has 2 aliphatic rings. The van der Waals surface area contributed by atoms with Gasteiger partial charge in [-0.3, -0.25) is 9.69 Å². The van der Waals surface area contributed by atoms with Crippen molar-refractivity contribution in [3.63, 3.8) is 0 Å². The Labute approximate surface area is 152 Å². The monoisotopic (exact) mass is 366 g/mol. The predicted octanol–water partition coefficient (Wildman–Crippen LogP) is 2.68. The van der Waals surface area contributed by atoms with Crippen molar-refractivity contribution in [1.29, 1.82) is 0 Å². The third kappa shape index (κ3) is 3.46. The summed E-state index contributed by atoms with van der Waals surface area (Å²) >= 11 is 5.81.